The molecule has 2 N–H and O–H groups in total. The average Bonchev–Trinajstić information content (AvgIpc) is 2.82. The minimum Gasteiger partial charge on any atom is -0.369 e. The molecule has 0 spiro atoms. The van der Waals surface area contributed by atoms with Crippen LogP contribution in [0.15, 0.2) is 21.6 Å². The summed E-state index contributed by atoms with van der Waals surface area (Å²) in [6.45, 7) is 4.69. The molecule has 1 aromatic heterocycles. The van der Waals surface area contributed by atoms with Crippen molar-refractivity contribution in [1.82, 2.24) is 9.71 Å². The Hall–Kier alpha value is -0.660. The Balaban J connectivity index is 2.31. The van der Waals surface area contributed by atoms with E-state index in [0.29, 0.717) is 16.8 Å². The van der Waals surface area contributed by atoms with Crippen LogP contribution in [-0.4, -0.2) is 25.5 Å². The third kappa shape index (κ3) is 4.17. The van der Waals surface area contributed by atoms with Crippen LogP contribution in [-0.2, 0) is 10.0 Å². The van der Waals surface area contributed by atoms with Crippen molar-refractivity contribution in [1.29, 1.82) is 0 Å². The van der Waals surface area contributed by atoms with Crippen LogP contribution >= 0.6 is 15.9 Å². The maximum Gasteiger partial charge on any atom is 0.244 e. The highest BCUT2D eigenvalue weighted by molar-refractivity contribution is 9.10. The first-order valence-corrected chi connectivity index (χ1v) is 9.57. The van der Waals surface area contributed by atoms with Gasteiger partial charge < -0.3 is 5.32 Å². The van der Waals surface area contributed by atoms with Gasteiger partial charge >= 0.3 is 0 Å². The van der Waals surface area contributed by atoms with Gasteiger partial charge in [-0.3, -0.25) is 0 Å². The molecule has 0 bridgehead atoms. The summed E-state index contributed by atoms with van der Waals surface area (Å²) in [5.41, 5.74) is -0.344. The van der Waals surface area contributed by atoms with Gasteiger partial charge in [0.25, 0.3) is 0 Å². The molecule has 1 aliphatic rings. The highest BCUT2D eigenvalue weighted by Gasteiger charge is 2.34. The van der Waals surface area contributed by atoms with E-state index in [1.807, 2.05) is 13.8 Å². The number of pyridine rings is 1. The van der Waals surface area contributed by atoms with Crippen molar-refractivity contribution < 1.29 is 8.42 Å². The van der Waals surface area contributed by atoms with Gasteiger partial charge in [-0.2, -0.15) is 0 Å². The Kier molecular flexibility index (Phi) is 5.27. The summed E-state index contributed by atoms with van der Waals surface area (Å²) in [6.07, 6.45) is 6.40. The number of hydrogen-bond acceptors (Lipinski definition) is 4. The molecule has 1 aliphatic carbocycles. The third-order valence-electron chi connectivity index (χ3n) is 3.74. The molecule has 2 rings (SSSR count). The number of hydrogen-bond donors (Lipinski definition) is 2. The van der Waals surface area contributed by atoms with Gasteiger partial charge in [-0.15, -0.1) is 0 Å². The molecular formula is C14H22BrN3O2S. The van der Waals surface area contributed by atoms with Gasteiger partial charge in [0.15, 0.2) is 0 Å². The fraction of sp³-hybridized carbons (Fsp3) is 0.643. The summed E-state index contributed by atoms with van der Waals surface area (Å²) in [7, 11) is -3.59. The van der Waals surface area contributed by atoms with Crippen LogP contribution in [0.3, 0.4) is 0 Å². The smallest absolute Gasteiger partial charge is 0.244 e. The lowest BCUT2D eigenvalue weighted by Gasteiger charge is -2.25. The van der Waals surface area contributed by atoms with Gasteiger partial charge in [0.05, 0.1) is 0 Å². The quantitative estimate of drug-likeness (QED) is 0.800. The first kappa shape index (κ1) is 16.7. The van der Waals surface area contributed by atoms with Gasteiger partial charge in [0.1, 0.15) is 10.7 Å². The summed E-state index contributed by atoms with van der Waals surface area (Å²) in [4.78, 5) is 4.41. The van der Waals surface area contributed by atoms with Crippen LogP contribution in [0.25, 0.3) is 0 Å². The Labute approximate surface area is 135 Å². The standard InChI is InChI=1S/C14H22BrN3O2S/c1-3-8-16-13-12(9-11(15)10-17-13)21(19,20)18-14(2)6-4-5-7-14/h9-10,18H,3-8H2,1-2H3,(H,16,17). The minimum absolute atomic E-state index is 0.207. The Bertz CT molecular complexity index is 598. The summed E-state index contributed by atoms with van der Waals surface area (Å²) in [5, 5.41) is 3.08. The van der Waals surface area contributed by atoms with Crippen LogP contribution < -0.4 is 10.0 Å². The Morgan fingerprint density at radius 1 is 1.38 bits per heavy atom. The SMILES string of the molecule is CCCNc1ncc(Br)cc1S(=O)(=O)NC1(C)CCCC1. The molecule has 0 radical (unpaired) electrons. The van der Waals surface area contributed by atoms with Gasteiger partial charge in [-0.25, -0.2) is 18.1 Å². The molecule has 7 heteroatoms. The van der Waals surface area contributed by atoms with E-state index in [2.05, 4.69) is 31.0 Å². The van der Waals surface area contributed by atoms with Crippen molar-refractivity contribution >= 4 is 31.8 Å². The molecule has 1 fully saturated rings. The molecule has 0 aliphatic heterocycles. The largest absolute Gasteiger partial charge is 0.369 e. The van der Waals surface area contributed by atoms with Crippen molar-refractivity contribution in [3.05, 3.63) is 16.7 Å². The van der Waals surface area contributed by atoms with Crippen LogP contribution in [0.1, 0.15) is 46.0 Å². The first-order chi connectivity index (χ1) is 9.86. The maximum atomic E-state index is 12.7. The molecule has 0 amide bonds. The zero-order valence-electron chi connectivity index (χ0n) is 12.4. The molecule has 1 aromatic rings. The Morgan fingerprint density at radius 3 is 2.67 bits per heavy atom. The van der Waals surface area contributed by atoms with Crippen LogP contribution in [0, 0.1) is 0 Å². The van der Waals surface area contributed by atoms with E-state index in [0.717, 1.165) is 32.1 Å². The lowest BCUT2D eigenvalue weighted by Crippen LogP contribution is -2.43. The zero-order valence-corrected chi connectivity index (χ0v) is 14.8. The molecule has 0 aromatic carbocycles. The number of sulfonamides is 1. The second kappa shape index (κ2) is 6.62. The van der Waals surface area contributed by atoms with E-state index < -0.39 is 10.0 Å². The topological polar surface area (TPSA) is 71.1 Å². The van der Waals surface area contributed by atoms with Crippen molar-refractivity contribution in [2.24, 2.45) is 0 Å². The fourth-order valence-corrected chi connectivity index (χ4v) is 4.75. The van der Waals surface area contributed by atoms with Crippen molar-refractivity contribution in [2.45, 2.75) is 56.4 Å². The molecule has 0 atom stereocenters. The summed E-state index contributed by atoms with van der Waals surface area (Å²) in [5.74, 6) is 0.411. The monoisotopic (exact) mass is 375 g/mol. The maximum absolute atomic E-state index is 12.7. The van der Waals surface area contributed by atoms with Crippen molar-refractivity contribution in [2.75, 3.05) is 11.9 Å². The highest BCUT2D eigenvalue weighted by atomic mass is 79.9. The summed E-state index contributed by atoms with van der Waals surface area (Å²) < 4.78 is 29.0. The molecular weight excluding hydrogens is 354 g/mol. The second-order valence-corrected chi connectivity index (χ2v) is 8.37. The second-order valence-electron chi connectivity index (χ2n) is 5.80. The lowest BCUT2D eigenvalue weighted by molar-refractivity contribution is 0.427. The van der Waals surface area contributed by atoms with Crippen LogP contribution in [0.2, 0.25) is 0 Å². The van der Waals surface area contributed by atoms with E-state index in [1.54, 1.807) is 12.3 Å². The van der Waals surface area contributed by atoms with E-state index in [9.17, 15) is 8.42 Å². The third-order valence-corrected chi connectivity index (χ3v) is 5.82. The average molecular weight is 376 g/mol. The lowest BCUT2D eigenvalue weighted by atomic mass is 10.0. The Morgan fingerprint density at radius 2 is 2.05 bits per heavy atom. The predicted octanol–water partition coefficient (Wildman–Crippen LogP) is 3.28. The van der Waals surface area contributed by atoms with E-state index >= 15 is 0 Å². The summed E-state index contributed by atoms with van der Waals surface area (Å²) >= 11 is 3.30. The molecule has 0 saturated heterocycles. The molecule has 1 heterocycles. The summed E-state index contributed by atoms with van der Waals surface area (Å²) in [6, 6.07) is 1.60. The fourth-order valence-electron chi connectivity index (χ4n) is 2.64. The van der Waals surface area contributed by atoms with Crippen molar-refractivity contribution in [3.63, 3.8) is 0 Å². The molecule has 1 saturated carbocycles. The zero-order chi connectivity index (χ0) is 15.5. The minimum atomic E-state index is -3.59. The van der Waals surface area contributed by atoms with Crippen LogP contribution in [0.5, 0.6) is 0 Å². The normalized spacial score (nSPS) is 17.9. The molecule has 118 valence electrons. The number of nitrogens with one attached hydrogen (secondary N) is 2. The van der Waals surface area contributed by atoms with Gasteiger partial charge in [-0.1, -0.05) is 19.8 Å². The number of nitrogens with zero attached hydrogens (tertiary/aromatic N) is 1. The number of halogens is 1. The van der Waals surface area contributed by atoms with Gasteiger partial charge in [-0.05, 0) is 48.2 Å². The van der Waals surface area contributed by atoms with Gasteiger partial charge in [0, 0.05) is 22.8 Å². The van der Waals surface area contributed by atoms with Crippen LogP contribution in [0.4, 0.5) is 5.82 Å². The number of aromatic nitrogens is 1. The predicted molar refractivity (Wildman–Crippen MR) is 87.9 cm³/mol. The van der Waals surface area contributed by atoms with E-state index in [-0.39, 0.29) is 10.4 Å². The van der Waals surface area contributed by atoms with Gasteiger partial charge in [0.2, 0.25) is 10.0 Å². The molecule has 0 unspecified atom stereocenters. The molecule has 5 nitrogen and oxygen atoms in total. The highest BCUT2D eigenvalue weighted by Crippen LogP contribution is 2.32. The first-order valence-electron chi connectivity index (χ1n) is 7.30. The molecule has 21 heavy (non-hydrogen) atoms. The number of rotatable bonds is 6. The van der Waals surface area contributed by atoms with E-state index in [4.69, 9.17) is 0 Å². The van der Waals surface area contributed by atoms with E-state index in [1.165, 1.54) is 0 Å². The van der Waals surface area contributed by atoms with Crippen molar-refractivity contribution in [3.8, 4) is 0 Å². The number of anilines is 1.